The van der Waals surface area contributed by atoms with Crippen LogP contribution in [0.5, 0.6) is 0 Å². The van der Waals surface area contributed by atoms with Gasteiger partial charge in [0.05, 0.1) is 0 Å². The molecular weight excluding hydrogens is 463 g/mol. The molecule has 0 nitrogen and oxygen atoms in total. The average molecular weight is 487 g/mol. The topological polar surface area (TPSA) is 0 Å². The molecule has 0 unspecified atom stereocenters. The van der Waals surface area contributed by atoms with Gasteiger partial charge in [0, 0.05) is 0 Å². The molecule has 0 spiro atoms. The monoisotopic (exact) mass is 488 g/mol. The molecule has 0 aliphatic rings. The van der Waals surface area contributed by atoms with Crippen LogP contribution in [-0.2, 0) is 0 Å². The molecule has 0 aliphatic carbocycles. The van der Waals surface area contributed by atoms with Crippen LogP contribution in [0, 0.1) is 13.8 Å². The van der Waals surface area contributed by atoms with Crippen LogP contribution < -0.4 is 10.7 Å². The number of hydrogen-bond donors (Lipinski definition) is 0. The minimum atomic E-state index is -3.33. The first-order valence-corrected chi connectivity index (χ1v) is 18.2. The molecule has 0 N–H and O–H groups in total. The van der Waals surface area contributed by atoms with Gasteiger partial charge in [-0.05, 0) is 0 Å². The summed E-state index contributed by atoms with van der Waals surface area (Å²) in [5.74, 6) is 0. The summed E-state index contributed by atoms with van der Waals surface area (Å²) in [7, 11) is 2.16. The molecule has 0 saturated heterocycles. The van der Waals surface area contributed by atoms with Crippen molar-refractivity contribution < 1.29 is 0 Å². The van der Waals surface area contributed by atoms with Crippen molar-refractivity contribution in [2.75, 3.05) is 0 Å². The van der Waals surface area contributed by atoms with E-state index in [-0.39, 0.29) is 0 Å². The molecule has 0 aromatic heterocycles. The predicted molar refractivity (Wildman–Crippen MR) is 126 cm³/mol. The first kappa shape index (κ1) is 19.3. The normalized spacial score (nSPS) is 11.4. The van der Waals surface area contributed by atoms with Crippen molar-refractivity contribution in [2.24, 2.45) is 0 Å². The van der Waals surface area contributed by atoms with E-state index in [1.54, 1.807) is 0 Å². The van der Waals surface area contributed by atoms with Gasteiger partial charge in [-0.2, -0.15) is 0 Å². The van der Waals surface area contributed by atoms with Gasteiger partial charge in [-0.25, -0.2) is 0 Å². The van der Waals surface area contributed by atoms with Crippen LogP contribution in [0.25, 0.3) is 0 Å². The van der Waals surface area contributed by atoms with Crippen molar-refractivity contribution >= 4 is 36.7 Å². The standard InChI is InChI=1S/C8H10S.3C6H5.Sn/c1-6-4-3-5-7(2)8(6)9;3*1-2-4-6-5-3-1;/h3-5,9H,1-2H3;3*1-5H;/q;;;;+1/p-1. The summed E-state index contributed by atoms with van der Waals surface area (Å²) in [5, 5.41) is 0. The van der Waals surface area contributed by atoms with Crippen LogP contribution in [0.4, 0.5) is 0 Å². The Kier molecular flexibility index (Phi) is 5.93. The molecule has 0 atom stereocenters. The van der Waals surface area contributed by atoms with Gasteiger partial charge in [0.2, 0.25) is 0 Å². The van der Waals surface area contributed by atoms with Crippen molar-refractivity contribution in [3.63, 3.8) is 0 Å². The molecule has 0 fully saturated rings. The maximum atomic E-state index is 2.34. The van der Waals surface area contributed by atoms with E-state index >= 15 is 0 Å². The third-order valence-electron chi connectivity index (χ3n) is 5.20. The molecule has 4 rings (SSSR count). The zero-order valence-electron chi connectivity index (χ0n) is 16.3. The Hall–Kier alpha value is -1.97. The fraction of sp³-hybridized carbons (Fsp3) is 0.0769. The van der Waals surface area contributed by atoms with E-state index in [4.69, 9.17) is 0 Å². The molecule has 0 saturated carbocycles. The third kappa shape index (κ3) is 3.66. The Morgan fingerprint density at radius 2 is 0.821 bits per heavy atom. The second-order valence-electron chi connectivity index (χ2n) is 7.10. The fourth-order valence-corrected chi connectivity index (χ4v) is 24.6. The van der Waals surface area contributed by atoms with Crippen LogP contribution in [0.15, 0.2) is 114 Å². The Labute approximate surface area is 175 Å². The van der Waals surface area contributed by atoms with Gasteiger partial charge in [-0.3, -0.25) is 0 Å². The van der Waals surface area contributed by atoms with E-state index in [2.05, 4.69) is 132 Å². The number of hydrogen-bond acceptors (Lipinski definition) is 1. The van der Waals surface area contributed by atoms with Gasteiger partial charge in [0.1, 0.15) is 0 Å². The van der Waals surface area contributed by atoms with E-state index in [1.165, 1.54) is 26.8 Å². The van der Waals surface area contributed by atoms with E-state index in [1.807, 2.05) is 0 Å². The molecule has 4 aromatic rings. The molecule has 28 heavy (non-hydrogen) atoms. The van der Waals surface area contributed by atoms with Crippen molar-refractivity contribution in [1.82, 2.24) is 0 Å². The van der Waals surface area contributed by atoms with Crippen LogP contribution in [0.3, 0.4) is 0 Å². The summed E-state index contributed by atoms with van der Waals surface area (Å²) in [6.45, 7) is 4.49. The number of rotatable bonds is 5. The molecular formula is C26H24SSn. The van der Waals surface area contributed by atoms with Gasteiger partial charge in [0.15, 0.2) is 0 Å². The van der Waals surface area contributed by atoms with Gasteiger partial charge in [0.25, 0.3) is 0 Å². The van der Waals surface area contributed by atoms with E-state index in [0.717, 1.165) is 0 Å². The Morgan fingerprint density at radius 1 is 0.464 bits per heavy atom. The summed E-state index contributed by atoms with van der Waals surface area (Å²) < 4.78 is 4.51. The van der Waals surface area contributed by atoms with Gasteiger partial charge >= 0.3 is 176 Å². The maximum absolute atomic E-state index is 3.33. The van der Waals surface area contributed by atoms with Crippen LogP contribution >= 0.6 is 8.95 Å². The van der Waals surface area contributed by atoms with Crippen molar-refractivity contribution in [2.45, 2.75) is 18.7 Å². The van der Waals surface area contributed by atoms with Gasteiger partial charge in [-0.1, -0.05) is 0 Å². The predicted octanol–water partition coefficient (Wildman–Crippen LogP) is 5.06. The summed E-state index contributed by atoms with van der Waals surface area (Å²) in [4.78, 5) is 1.44. The molecule has 0 amide bonds. The molecule has 2 heteroatoms. The van der Waals surface area contributed by atoms with E-state index in [0.29, 0.717) is 0 Å². The Morgan fingerprint density at radius 3 is 1.18 bits per heavy atom. The zero-order valence-corrected chi connectivity index (χ0v) is 20.0. The van der Waals surface area contributed by atoms with Crippen molar-refractivity contribution in [1.29, 1.82) is 0 Å². The van der Waals surface area contributed by atoms with E-state index in [9.17, 15) is 0 Å². The second kappa shape index (κ2) is 8.58. The molecule has 4 aromatic carbocycles. The van der Waals surface area contributed by atoms with Crippen LogP contribution in [0.1, 0.15) is 11.1 Å². The van der Waals surface area contributed by atoms with E-state index < -0.39 is 17.0 Å². The van der Waals surface area contributed by atoms with Crippen LogP contribution in [0.2, 0.25) is 0 Å². The van der Waals surface area contributed by atoms with Crippen LogP contribution in [-0.4, -0.2) is 17.0 Å². The van der Waals surface area contributed by atoms with Crippen molar-refractivity contribution in [3.8, 4) is 0 Å². The number of aryl methyl sites for hydroxylation is 2. The Balaban J connectivity index is 2.04. The summed E-state index contributed by atoms with van der Waals surface area (Å²) >= 11 is -3.33. The minimum absolute atomic E-state index is 1.37. The molecule has 0 radical (unpaired) electrons. The molecule has 0 bridgehead atoms. The average Bonchev–Trinajstić information content (AvgIpc) is 2.76. The number of benzene rings is 4. The fourth-order valence-electron chi connectivity index (χ4n) is 3.81. The van der Waals surface area contributed by atoms with Gasteiger partial charge in [-0.15, -0.1) is 0 Å². The third-order valence-corrected chi connectivity index (χ3v) is 25.3. The Bertz CT molecular complexity index is 927. The SMILES string of the molecule is Cc1cccc(C)c1[S][Sn]([c]1ccccc1)([c]1ccccc1)[c]1ccccc1. The molecule has 0 aliphatic heterocycles. The molecule has 0 heterocycles. The second-order valence-corrected chi connectivity index (χ2v) is 22.4. The summed E-state index contributed by atoms with van der Waals surface area (Å²) in [6.07, 6.45) is 0. The first-order chi connectivity index (χ1) is 13.7. The van der Waals surface area contributed by atoms with Gasteiger partial charge < -0.3 is 0 Å². The van der Waals surface area contributed by atoms with Crippen molar-refractivity contribution in [3.05, 3.63) is 120 Å². The summed E-state index contributed by atoms with van der Waals surface area (Å²) in [5.41, 5.74) is 2.74. The molecule has 138 valence electrons. The first-order valence-electron chi connectivity index (χ1n) is 9.63. The zero-order chi connectivity index (χ0) is 19.4. The quantitative estimate of drug-likeness (QED) is 0.355. The summed E-state index contributed by atoms with van der Waals surface area (Å²) in [6, 6.07) is 40.2.